The Hall–Kier alpha value is -0.880. The van der Waals surface area contributed by atoms with Gasteiger partial charge in [-0.3, -0.25) is 9.89 Å². The molecule has 3 N–H and O–H groups in total. The zero-order valence-corrected chi connectivity index (χ0v) is 13.5. The Kier molecular flexibility index (Phi) is 5.55. The molecule has 0 fully saturated rings. The summed E-state index contributed by atoms with van der Waals surface area (Å²) in [6.07, 6.45) is 0.645. The minimum atomic E-state index is -0.207. The Morgan fingerprint density at radius 2 is 2.16 bits per heavy atom. The number of aromatic amines is 1. The molecule has 0 aliphatic carbocycles. The second-order valence-corrected chi connectivity index (χ2v) is 6.57. The third-order valence-corrected chi connectivity index (χ3v) is 3.84. The van der Waals surface area contributed by atoms with E-state index >= 15 is 0 Å². The number of aliphatic hydroxyl groups is 1. The van der Waals surface area contributed by atoms with Crippen molar-refractivity contribution in [1.82, 2.24) is 15.5 Å². The average molecular weight is 332 g/mol. The highest BCUT2D eigenvalue weighted by Crippen LogP contribution is 2.25. The van der Waals surface area contributed by atoms with Gasteiger partial charge >= 0.3 is 0 Å². The summed E-state index contributed by atoms with van der Waals surface area (Å²) in [5.41, 5.74) is 1.16. The molecule has 0 saturated heterocycles. The maximum absolute atomic E-state index is 12.1. The van der Waals surface area contributed by atoms with E-state index < -0.39 is 0 Å². The lowest BCUT2D eigenvalue weighted by atomic mass is 9.90. The Bertz CT molecular complexity index is 441. The number of aliphatic hydroxyl groups excluding tert-OH is 1. The molecule has 0 atom stereocenters. The fourth-order valence-corrected chi connectivity index (χ4v) is 2.48. The van der Waals surface area contributed by atoms with E-state index in [0.29, 0.717) is 18.7 Å². The number of rotatable bonds is 6. The van der Waals surface area contributed by atoms with Crippen LogP contribution in [-0.2, 0) is 0 Å². The predicted molar refractivity (Wildman–Crippen MR) is 78.2 cm³/mol. The van der Waals surface area contributed by atoms with Crippen LogP contribution in [0.3, 0.4) is 0 Å². The van der Waals surface area contributed by atoms with Crippen LogP contribution in [0.5, 0.6) is 0 Å². The van der Waals surface area contributed by atoms with Gasteiger partial charge in [0.2, 0.25) is 0 Å². The van der Waals surface area contributed by atoms with Crippen molar-refractivity contribution in [3.05, 3.63) is 15.9 Å². The van der Waals surface area contributed by atoms with Gasteiger partial charge in [-0.2, -0.15) is 5.10 Å². The van der Waals surface area contributed by atoms with Crippen molar-refractivity contribution in [2.75, 3.05) is 13.2 Å². The highest BCUT2D eigenvalue weighted by atomic mass is 79.9. The summed E-state index contributed by atoms with van der Waals surface area (Å²) in [5.74, 6) is 0.0651. The van der Waals surface area contributed by atoms with Gasteiger partial charge in [-0.1, -0.05) is 27.7 Å². The van der Waals surface area contributed by atoms with E-state index in [1.165, 1.54) is 0 Å². The summed E-state index contributed by atoms with van der Waals surface area (Å²) in [5, 5.41) is 18.7. The van der Waals surface area contributed by atoms with Crippen molar-refractivity contribution in [3.63, 3.8) is 0 Å². The molecule has 5 nitrogen and oxygen atoms in total. The van der Waals surface area contributed by atoms with E-state index in [1.807, 2.05) is 27.7 Å². The molecule has 0 radical (unpaired) electrons. The van der Waals surface area contributed by atoms with Gasteiger partial charge in [-0.15, -0.1) is 0 Å². The first-order chi connectivity index (χ1) is 8.78. The average Bonchev–Trinajstić information content (AvgIpc) is 2.68. The maximum atomic E-state index is 12.1. The topological polar surface area (TPSA) is 78.0 Å². The number of aromatic nitrogens is 2. The third-order valence-electron chi connectivity index (χ3n) is 3.04. The fourth-order valence-electron chi connectivity index (χ4n) is 1.67. The number of nitrogens with one attached hydrogen (secondary N) is 2. The summed E-state index contributed by atoms with van der Waals surface area (Å²) < 4.78 is 0.722. The van der Waals surface area contributed by atoms with Gasteiger partial charge in [0, 0.05) is 13.2 Å². The largest absolute Gasteiger partial charge is 0.396 e. The van der Waals surface area contributed by atoms with E-state index in [-0.39, 0.29) is 23.8 Å². The number of nitrogens with zero attached hydrogens (tertiary/aromatic N) is 1. The highest BCUT2D eigenvalue weighted by Gasteiger charge is 2.22. The van der Waals surface area contributed by atoms with E-state index in [4.69, 9.17) is 5.11 Å². The van der Waals surface area contributed by atoms with E-state index in [1.54, 1.807) is 0 Å². The van der Waals surface area contributed by atoms with Gasteiger partial charge < -0.3 is 10.4 Å². The second-order valence-electron chi connectivity index (χ2n) is 5.78. The number of carbonyl (C=O) groups is 1. The number of halogens is 1. The van der Waals surface area contributed by atoms with Crippen LogP contribution in [-0.4, -0.2) is 34.4 Å². The van der Waals surface area contributed by atoms with Crippen molar-refractivity contribution >= 4 is 21.8 Å². The molecule has 0 saturated carbocycles. The van der Waals surface area contributed by atoms with Crippen LogP contribution in [0.25, 0.3) is 0 Å². The Morgan fingerprint density at radius 1 is 1.53 bits per heavy atom. The summed E-state index contributed by atoms with van der Waals surface area (Å²) in [6.45, 7) is 8.69. The molecule has 1 amide bonds. The van der Waals surface area contributed by atoms with Crippen LogP contribution >= 0.6 is 15.9 Å². The zero-order valence-electron chi connectivity index (χ0n) is 11.9. The molecular weight excluding hydrogens is 310 g/mol. The molecule has 1 aromatic rings. The van der Waals surface area contributed by atoms with Gasteiger partial charge in [0.05, 0.1) is 10.2 Å². The molecule has 1 heterocycles. The SMILES string of the molecule is CC(C)c1[nH]nc(C(=O)NCC(C)(C)CCO)c1Br. The summed E-state index contributed by atoms with van der Waals surface area (Å²) >= 11 is 3.41. The van der Waals surface area contributed by atoms with Crippen molar-refractivity contribution in [2.45, 2.75) is 40.0 Å². The van der Waals surface area contributed by atoms with Gasteiger partial charge in [-0.25, -0.2) is 0 Å². The zero-order chi connectivity index (χ0) is 14.6. The molecular formula is C13H22BrN3O2. The smallest absolute Gasteiger partial charge is 0.272 e. The summed E-state index contributed by atoms with van der Waals surface area (Å²) in [7, 11) is 0. The Labute approximate surface area is 122 Å². The molecule has 108 valence electrons. The van der Waals surface area contributed by atoms with Gasteiger partial charge in [0.1, 0.15) is 0 Å². The first-order valence-electron chi connectivity index (χ1n) is 6.41. The molecule has 0 aliphatic heterocycles. The van der Waals surface area contributed by atoms with Crippen molar-refractivity contribution in [3.8, 4) is 0 Å². The molecule has 0 aliphatic rings. The van der Waals surface area contributed by atoms with Gasteiger partial charge in [0.25, 0.3) is 5.91 Å². The van der Waals surface area contributed by atoms with Crippen molar-refractivity contribution in [2.24, 2.45) is 5.41 Å². The Morgan fingerprint density at radius 3 is 2.63 bits per heavy atom. The minimum absolute atomic E-state index is 0.118. The molecule has 0 unspecified atom stereocenters. The van der Waals surface area contributed by atoms with Gasteiger partial charge in [0.15, 0.2) is 5.69 Å². The molecule has 0 bridgehead atoms. The van der Waals surface area contributed by atoms with Crippen molar-refractivity contribution in [1.29, 1.82) is 0 Å². The quantitative estimate of drug-likeness (QED) is 0.749. The van der Waals surface area contributed by atoms with Crippen molar-refractivity contribution < 1.29 is 9.90 Å². The molecule has 19 heavy (non-hydrogen) atoms. The lowest BCUT2D eigenvalue weighted by Crippen LogP contribution is -2.34. The molecule has 0 spiro atoms. The van der Waals surface area contributed by atoms with Gasteiger partial charge in [-0.05, 0) is 33.7 Å². The predicted octanol–water partition coefficient (Wildman–Crippen LogP) is 2.43. The van der Waals surface area contributed by atoms with Crippen LogP contribution in [0.2, 0.25) is 0 Å². The minimum Gasteiger partial charge on any atom is -0.396 e. The van der Waals surface area contributed by atoms with Crippen LogP contribution < -0.4 is 5.32 Å². The standard InChI is InChI=1S/C13H22BrN3O2/c1-8(2)10-9(14)11(17-16-10)12(19)15-7-13(3,4)5-6-18/h8,18H,5-7H2,1-4H3,(H,15,19)(H,16,17). The number of hydrogen-bond donors (Lipinski definition) is 3. The van der Waals surface area contributed by atoms with Crippen LogP contribution in [0, 0.1) is 5.41 Å². The highest BCUT2D eigenvalue weighted by molar-refractivity contribution is 9.10. The van der Waals surface area contributed by atoms with E-state index in [9.17, 15) is 4.79 Å². The molecule has 6 heteroatoms. The number of H-pyrrole nitrogens is 1. The maximum Gasteiger partial charge on any atom is 0.272 e. The third kappa shape index (κ3) is 4.31. The monoisotopic (exact) mass is 331 g/mol. The van der Waals surface area contributed by atoms with E-state index in [0.717, 1.165) is 10.2 Å². The molecule has 0 aromatic carbocycles. The summed E-state index contributed by atoms with van der Waals surface area (Å²) in [6, 6.07) is 0. The summed E-state index contributed by atoms with van der Waals surface area (Å²) in [4.78, 5) is 12.1. The van der Waals surface area contributed by atoms with Crippen LogP contribution in [0.15, 0.2) is 4.47 Å². The lowest BCUT2D eigenvalue weighted by Gasteiger charge is -2.23. The number of carbonyl (C=O) groups excluding carboxylic acids is 1. The second kappa shape index (κ2) is 6.52. The fraction of sp³-hybridized carbons (Fsp3) is 0.692. The Balaban J connectivity index is 2.69. The van der Waals surface area contributed by atoms with E-state index in [2.05, 4.69) is 31.4 Å². The normalized spacial score (nSPS) is 11.9. The van der Waals surface area contributed by atoms with Crippen LogP contribution in [0.1, 0.15) is 56.2 Å². The molecule has 1 rings (SSSR count). The molecule has 1 aromatic heterocycles. The first kappa shape index (κ1) is 16.2. The van der Waals surface area contributed by atoms with Crippen LogP contribution in [0.4, 0.5) is 0 Å². The first-order valence-corrected chi connectivity index (χ1v) is 7.20. The number of hydrogen-bond acceptors (Lipinski definition) is 3. The lowest BCUT2D eigenvalue weighted by molar-refractivity contribution is 0.0922. The number of amides is 1.